The summed E-state index contributed by atoms with van der Waals surface area (Å²) in [5, 5.41) is 2.92. The van der Waals surface area contributed by atoms with E-state index in [1.165, 1.54) is 0 Å². The number of hydrogen-bond donors (Lipinski definition) is 2. The molecule has 2 rings (SSSR count). The standard InChI is InChI=1S/C16H25N3O2/c17-13-14-4-6-15(7-5-14)18-16(20)3-1-8-19-9-2-11-21-12-10-19/h4-7H,1-3,8-13,17H2,(H,18,20). The molecule has 0 unspecified atom stereocenters. The fourth-order valence-electron chi connectivity index (χ4n) is 2.43. The molecule has 0 atom stereocenters. The number of anilines is 1. The molecule has 1 aliphatic rings. The van der Waals surface area contributed by atoms with Crippen LogP contribution in [0.25, 0.3) is 0 Å². The lowest BCUT2D eigenvalue weighted by Gasteiger charge is -2.18. The number of nitrogens with zero attached hydrogens (tertiary/aromatic N) is 1. The molecule has 1 amide bonds. The van der Waals surface area contributed by atoms with Gasteiger partial charge in [-0.1, -0.05) is 12.1 Å². The zero-order valence-electron chi connectivity index (χ0n) is 12.5. The summed E-state index contributed by atoms with van der Waals surface area (Å²) in [5.41, 5.74) is 7.45. The number of benzene rings is 1. The van der Waals surface area contributed by atoms with Crippen molar-refractivity contribution in [3.63, 3.8) is 0 Å². The van der Waals surface area contributed by atoms with Crippen LogP contribution >= 0.6 is 0 Å². The van der Waals surface area contributed by atoms with Crippen LogP contribution < -0.4 is 11.1 Å². The Hall–Kier alpha value is -1.43. The first-order valence-corrected chi connectivity index (χ1v) is 7.67. The summed E-state index contributed by atoms with van der Waals surface area (Å²) in [5.74, 6) is 0.0709. The van der Waals surface area contributed by atoms with Gasteiger partial charge in [-0.15, -0.1) is 0 Å². The molecule has 1 saturated heterocycles. The van der Waals surface area contributed by atoms with Gasteiger partial charge in [-0.25, -0.2) is 0 Å². The molecule has 0 aromatic heterocycles. The van der Waals surface area contributed by atoms with E-state index in [4.69, 9.17) is 10.5 Å². The Kier molecular flexibility index (Phi) is 6.66. The molecule has 1 fully saturated rings. The van der Waals surface area contributed by atoms with Crippen LogP contribution in [0.5, 0.6) is 0 Å². The van der Waals surface area contributed by atoms with E-state index in [1.54, 1.807) is 0 Å². The maximum Gasteiger partial charge on any atom is 0.224 e. The molecule has 21 heavy (non-hydrogen) atoms. The summed E-state index contributed by atoms with van der Waals surface area (Å²) in [6, 6.07) is 7.66. The van der Waals surface area contributed by atoms with Gasteiger partial charge in [-0.2, -0.15) is 0 Å². The third kappa shape index (κ3) is 5.83. The number of amides is 1. The van der Waals surface area contributed by atoms with E-state index >= 15 is 0 Å². The first kappa shape index (κ1) is 15.9. The summed E-state index contributed by atoms with van der Waals surface area (Å²) < 4.78 is 5.42. The maximum absolute atomic E-state index is 11.9. The predicted molar refractivity (Wildman–Crippen MR) is 84.1 cm³/mol. The molecule has 0 saturated carbocycles. The van der Waals surface area contributed by atoms with Gasteiger partial charge in [-0.05, 0) is 37.1 Å². The van der Waals surface area contributed by atoms with Crippen LogP contribution in [0.15, 0.2) is 24.3 Å². The molecule has 0 bridgehead atoms. The number of hydrogen-bond acceptors (Lipinski definition) is 4. The number of carbonyl (C=O) groups is 1. The summed E-state index contributed by atoms with van der Waals surface area (Å²) in [4.78, 5) is 14.3. The Morgan fingerprint density at radius 1 is 1.24 bits per heavy atom. The monoisotopic (exact) mass is 291 g/mol. The van der Waals surface area contributed by atoms with E-state index < -0.39 is 0 Å². The molecule has 116 valence electrons. The van der Waals surface area contributed by atoms with Crippen molar-refractivity contribution in [2.24, 2.45) is 5.73 Å². The lowest BCUT2D eigenvalue weighted by molar-refractivity contribution is -0.116. The minimum Gasteiger partial charge on any atom is -0.380 e. The van der Waals surface area contributed by atoms with Gasteiger partial charge < -0.3 is 20.7 Å². The van der Waals surface area contributed by atoms with Gasteiger partial charge in [0.25, 0.3) is 0 Å². The van der Waals surface area contributed by atoms with Crippen molar-refractivity contribution in [2.75, 3.05) is 38.2 Å². The van der Waals surface area contributed by atoms with Gasteiger partial charge in [-0.3, -0.25) is 4.79 Å². The van der Waals surface area contributed by atoms with Gasteiger partial charge in [0, 0.05) is 38.3 Å². The third-order valence-electron chi connectivity index (χ3n) is 3.67. The van der Waals surface area contributed by atoms with Crippen LogP contribution in [0.4, 0.5) is 5.69 Å². The molecule has 1 aromatic rings. The minimum atomic E-state index is 0.0709. The molecular formula is C16H25N3O2. The molecule has 0 spiro atoms. The van der Waals surface area contributed by atoms with Gasteiger partial charge in [0.05, 0.1) is 6.61 Å². The van der Waals surface area contributed by atoms with Gasteiger partial charge in [0.2, 0.25) is 5.91 Å². The number of nitrogens with two attached hydrogens (primary N) is 1. The first-order valence-electron chi connectivity index (χ1n) is 7.67. The van der Waals surface area contributed by atoms with Crippen LogP contribution in [0.2, 0.25) is 0 Å². The SMILES string of the molecule is NCc1ccc(NC(=O)CCCN2CCCOCC2)cc1. The number of nitrogens with one attached hydrogen (secondary N) is 1. The highest BCUT2D eigenvalue weighted by atomic mass is 16.5. The Morgan fingerprint density at radius 2 is 2.05 bits per heavy atom. The Labute approximate surface area is 126 Å². The van der Waals surface area contributed by atoms with E-state index in [-0.39, 0.29) is 5.91 Å². The van der Waals surface area contributed by atoms with Crippen molar-refractivity contribution in [2.45, 2.75) is 25.8 Å². The molecule has 0 aliphatic carbocycles. The fraction of sp³-hybridized carbons (Fsp3) is 0.562. The van der Waals surface area contributed by atoms with E-state index in [0.717, 1.165) is 56.9 Å². The topological polar surface area (TPSA) is 67.6 Å². The largest absolute Gasteiger partial charge is 0.380 e. The van der Waals surface area contributed by atoms with Crippen LogP contribution in [-0.2, 0) is 16.1 Å². The second kappa shape index (κ2) is 8.77. The molecule has 5 heteroatoms. The van der Waals surface area contributed by atoms with Crippen molar-refractivity contribution < 1.29 is 9.53 Å². The van der Waals surface area contributed by atoms with Gasteiger partial charge in [0.15, 0.2) is 0 Å². The predicted octanol–water partition coefficient (Wildman–Crippen LogP) is 1.59. The second-order valence-corrected chi connectivity index (χ2v) is 5.36. The molecule has 5 nitrogen and oxygen atoms in total. The fourth-order valence-corrected chi connectivity index (χ4v) is 2.43. The number of carbonyl (C=O) groups excluding carboxylic acids is 1. The molecule has 1 heterocycles. The highest BCUT2D eigenvalue weighted by molar-refractivity contribution is 5.90. The van der Waals surface area contributed by atoms with E-state index in [2.05, 4.69) is 10.2 Å². The maximum atomic E-state index is 11.9. The number of rotatable bonds is 6. The Balaban J connectivity index is 1.66. The smallest absolute Gasteiger partial charge is 0.224 e. The normalized spacial score (nSPS) is 16.4. The molecule has 0 radical (unpaired) electrons. The lowest BCUT2D eigenvalue weighted by atomic mass is 10.2. The van der Waals surface area contributed by atoms with Gasteiger partial charge in [0.1, 0.15) is 0 Å². The van der Waals surface area contributed by atoms with Gasteiger partial charge >= 0.3 is 0 Å². The summed E-state index contributed by atoms with van der Waals surface area (Å²) >= 11 is 0. The lowest BCUT2D eigenvalue weighted by Crippen LogP contribution is -2.28. The second-order valence-electron chi connectivity index (χ2n) is 5.36. The van der Waals surface area contributed by atoms with Crippen LogP contribution in [0.1, 0.15) is 24.8 Å². The van der Waals surface area contributed by atoms with Crippen molar-refractivity contribution >= 4 is 11.6 Å². The number of ether oxygens (including phenoxy) is 1. The van der Waals surface area contributed by atoms with Crippen molar-refractivity contribution in [1.82, 2.24) is 4.90 Å². The highest BCUT2D eigenvalue weighted by Crippen LogP contribution is 2.10. The van der Waals surface area contributed by atoms with Crippen molar-refractivity contribution in [1.29, 1.82) is 0 Å². The minimum absolute atomic E-state index is 0.0709. The molecule has 1 aliphatic heterocycles. The van der Waals surface area contributed by atoms with Crippen molar-refractivity contribution in [3.05, 3.63) is 29.8 Å². The van der Waals surface area contributed by atoms with Crippen LogP contribution in [0.3, 0.4) is 0 Å². The zero-order chi connectivity index (χ0) is 14.9. The third-order valence-corrected chi connectivity index (χ3v) is 3.67. The van der Waals surface area contributed by atoms with E-state index in [0.29, 0.717) is 13.0 Å². The summed E-state index contributed by atoms with van der Waals surface area (Å²) in [6.45, 7) is 5.19. The first-order chi connectivity index (χ1) is 10.3. The molecule has 3 N–H and O–H groups in total. The average Bonchev–Trinajstić information content (AvgIpc) is 2.77. The summed E-state index contributed by atoms with van der Waals surface area (Å²) in [7, 11) is 0. The van der Waals surface area contributed by atoms with E-state index in [9.17, 15) is 4.79 Å². The average molecular weight is 291 g/mol. The molecule has 1 aromatic carbocycles. The van der Waals surface area contributed by atoms with Crippen LogP contribution in [-0.4, -0.2) is 43.7 Å². The Morgan fingerprint density at radius 3 is 2.81 bits per heavy atom. The quantitative estimate of drug-likeness (QED) is 0.835. The summed E-state index contributed by atoms with van der Waals surface area (Å²) in [6.07, 6.45) is 2.52. The van der Waals surface area contributed by atoms with E-state index in [1.807, 2.05) is 24.3 Å². The van der Waals surface area contributed by atoms with Crippen LogP contribution in [0, 0.1) is 0 Å². The van der Waals surface area contributed by atoms with Crippen molar-refractivity contribution in [3.8, 4) is 0 Å². The highest BCUT2D eigenvalue weighted by Gasteiger charge is 2.09. The Bertz CT molecular complexity index is 426. The zero-order valence-corrected chi connectivity index (χ0v) is 12.5. The molecular weight excluding hydrogens is 266 g/mol.